The van der Waals surface area contributed by atoms with Gasteiger partial charge in [-0.05, 0) is 42.2 Å². The number of allylic oxidation sites excluding steroid dienone is 2. The van der Waals surface area contributed by atoms with Crippen LogP contribution in [0, 0.1) is 5.92 Å². The fourth-order valence-corrected chi connectivity index (χ4v) is 2.73. The molecule has 0 spiro atoms. The van der Waals surface area contributed by atoms with Crippen molar-refractivity contribution < 1.29 is 14.3 Å². The Morgan fingerprint density at radius 1 is 1.09 bits per heavy atom. The lowest BCUT2D eigenvalue weighted by Gasteiger charge is -2.16. The molecule has 2 aromatic rings. The van der Waals surface area contributed by atoms with Crippen LogP contribution >= 0.6 is 0 Å². The predicted molar refractivity (Wildman–Crippen MR) is 90.0 cm³/mol. The standard InChI is InChI=1S/C19H19NO3/c21-18(13-23-19(22)15-7-2-1-3-8-15)20-17-11-10-14-6-4-5-9-16(14)12-17/h1-2,4-6,9-12,15H,3,7-8,13H2,(H,20,21)/t15-/m1/s1. The van der Waals surface area contributed by atoms with Gasteiger partial charge in [0.2, 0.25) is 0 Å². The van der Waals surface area contributed by atoms with E-state index in [0.717, 1.165) is 23.6 Å². The van der Waals surface area contributed by atoms with Gasteiger partial charge in [0.05, 0.1) is 5.92 Å². The predicted octanol–water partition coefficient (Wildman–Crippen LogP) is 3.68. The number of fused-ring (bicyclic) bond motifs is 1. The molecule has 0 aliphatic heterocycles. The molecular weight excluding hydrogens is 290 g/mol. The van der Waals surface area contributed by atoms with Crippen molar-refractivity contribution in [1.29, 1.82) is 0 Å². The normalized spacial score (nSPS) is 17.0. The Balaban J connectivity index is 1.53. The quantitative estimate of drug-likeness (QED) is 0.692. The monoisotopic (exact) mass is 309 g/mol. The van der Waals surface area contributed by atoms with Gasteiger partial charge in [0, 0.05) is 5.69 Å². The maximum Gasteiger partial charge on any atom is 0.309 e. The number of nitrogens with one attached hydrogen (secondary N) is 1. The van der Waals surface area contributed by atoms with Crippen molar-refractivity contribution in [1.82, 2.24) is 0 Å². The highest BCUT2D eigenvalue weighted by atomic mass is 16.5. The van der Waals surface area contributed by atoms with Gasteiger partial charge < -0.3 is 10.1 Å². The van der Waals surface area contributed by atoms with Gasteiger partial charge in [0.15, 0.2) is 6.61 Å². The number of hydrogen-bond donors (Lipinski definition) is 1. The summed E-state index contributed by atoms with van der Waals surface area (Å²) in [6, 6.07) is 13.6. The molecule has 0 radical (unpaired) electrons. The van der Waals surface area contributed by atoms with Crippen molar-refractivity contribution in [3.05, 3.63) is 54.6 Å². The molecule has 1 atom stereocenters. The molecule has 1 N–H and O–H groups in total. The zero-order valence-electron chi connectivity index (χ0n) is 12.8. The summed E-state index contributed by atoms with van der Waals surface area (Å²) >= 11 is 0. The number of ether oxygens (including phenoxy) is 1. The van der Waals surface area contributed by atoms with Crippen LogP contribution in [0.1, 0.15) is 19.3 Å². The highest BCUT2D eigenvalue weighted by Gasteiger charge is 2.20. The summed E-state index contributed by atoms with van der Waals surface area (Å²) in [4.78, 5) is 23.8. The number of benzene rings is 2. The first kappa shape index (κ1) is 15.3. The molecular formula is C19H19NO3. The summed E-state index contributed by atoms with van der Waals surface area (Å²) in [6.07, 6.45) is 6.44. The van der Waals surface area contributed by atoms with Crippen molar-refractivity contribution in [2.75, 3.05) is 11.9 Å². The van der Waals surface area contributed by atoms with E-state index < -0.39 is 0 Å². The minimum atomic E-state index is -0.319. The van der Waals surface area contributed by atoms with E-state index in [2.05, 4.69) is 11.4 Å². The Morgan fingerprint density at radius 3 is 2.70 bits per heavy atom. The number of carbonyl (C=O) groups excluding carboxylic acids is 2. The van der Waals surface area contributed by atoms with Crippen LogP contribution in [0.4, 0.5) is 5.69 Å². The third-order valence-electron chi connectivity index (χ3n) is 3.98. The molecule has 4 nitrogen and oxygen atoms in total. The average molecular weight is 309 g/mol. The summed E-state index contributed by atoms with van der Waals surface area (Å²) in [6.45, 7) is -0.244. The summed E-state index contributed by atoms with van der Waals surface area (Å²) in [7, 11) is 0. The first-order chi connectivity index (χ1) is 11.2. The lowest BCUT2D eigenvalue weighted by atomic mass is 9.95. The zero-order valence-corrected chi connectivity index (χ0v) is 12.8. The summed E-state index contributed by atoms with van der Waals surface area (Å²) < 4.78 is 5.12. The van der Waals surface area contributed by atoms with Crippen molar-refractivity contribution in [2.45, 2.75) is 19.3 Å². The van der Waals surface area contributed by atoms with Crippen molar-refractivity contribution >= 4 is 28.3 Å². The fourth-order valence-electron chi connectivity index (χ4n) is 2.73. The van der Waals surface area contributed by atoms with Gasteiger partial charge in [-0.1, -0.05) is 42.5 Å². The van der Waals surface area contributed by atoms with E-state index >= 15 is 0 Å². The van der Waals surface area contributed by atoms with Gasteiger partial charge in [0.1, 0.15) is 0 Å². The van der Waals surface area contributed by atoms with Crippen LogP contribution in [0.5, 0.6) is 0 Å². The minimum absolute atomic E-state index is 0.117. The number of carbonyl (C=O) groups is 2. The molecule has 0 fully saturated rings. The van der Waals surface area contributed by atoms with E-state index in [9.17, 15) is 9.59 Å². The summed E-state index contributed by atoms with van der Waals surface area (Å²) in [5, 5.41) is 4.93. The van der Waals surface area contributed by atoms with Gasteiger partial charge in [-0.2, -0.15) is 0 Å². The molecule has 3 rings (SSSR count). The third kappa shape index (κ3) is 3.97. The number of esters is 1. The Bertz CT molecular complexity index is 751. The summed E-state index contributed by atoms with van der Waals surface area (Å²) in [5.41, 5.74) is 0.699. The van der Waals surface area contributed by atoms with Gasteiger partial charge in [0.25, 0.3) is 5.91 Å². The first-order valence-corrected chi connectivity index (χ1v) is 7.82. The van der Waals surface area contributed by atoms with Gasteiger partial charge in [-0.25, -0.2) is 0 Å². The fraction of sp³-hybridized carbons (Fsp3) is 0.263. The van der Waals surface area contributed by atoms with Crippen molar-refractivity contribution in [3.63, 3.8) is 0 Å². The van der Waals surface area contributed by atoms with Gasteiger partial charge in [-0.3, -0.25) is 9.59 Å². The molecule has 1 aliphatic rings. The Labute approximate surface area is 135 Å². The zero-order chi connectivity index (χ0) is 16.1. The van der Waals surface area contributed by atoms with E-state index in [-0.39, 0.29) is 24.4 Å². The van der Waals surface area contributed by atoms with E-state index in [4.69, 9.17) is 4.74 Å². The molecule has 118 valence electrons. The molecule has 2 aromatic carbocycles. The van der Waals surface area contributed by atoms with Crippen molar-refractivity contribution in [3.8, 4) is 0 Å². The van der Waals surface area contributed by atoms with Crippen LogP contribution in [0.3, 0.4) is 0 Å². The molecule has 23 heavy (non-hydrogen) atoms. The minimum Gasteiger partial charge on any atom is -0.455 e. The van der Waals surface area contributed by atoms with Gasteiger partial charge >= 0.3 is 5.97 Å². The molecule has 0 bridgehead atoms. The maximum atomic E-state index is 11.9. The van der Waals surface area contributed by atoms with Gasteiger partial charge in [-0.15, -0.1) is 0 Å². The van der Waals surface area contributed by atoms with Crippen LogP contribution in [-0.2, 0) is 14.3 Å². The Kier molecular flexibility index (Phi) is 4.71. The van der Waals surface area contributed by atoms with E-state index in [1.54, 1.807) is 0 Å². The third-order valence-corrected chi connectivity index (χ3v) is 3.98. The lowest BCUT2D eigenvalue weighted by Crippen LogP contribution is -2.25. The van der Waals surface area contributed by atoms with E-state index in [1.807, 2.05) is 48.5 Å². The topological polar surface area (TPSA) is 55.4 Å². The molecule has 0 aromatic heterocycles. The molecule has 0 saturated carbocycles. The molecule has 0 unspecified atom stereocenters. The van der Waals surface area contributed by atoms with Crippen LogP contribution in [0.25, 0.3) is 10.8 Å². The molecule has 0 saturated heterocycles. The highest BCUT2D eigenvalue weighted by molar-refractivity contribution is 5.95. The smallest absolute Gasteiger partial charge is 0.309 e. The number of amides is 1. The molecule has 0 heterocycles. The van der Waals surface area contributed by atoms with E-state index in [1.165, 1.54) is 0 Å². The second-order valence-corrected chi connectivity index (χ2v) is 5.70. The summed E-state index contributed by atoms with van der Waals surface area (Å²) in [5.74, 6) is -0.725. The highest BCUT2D eigenvalue weighted by Crippen LogP contribution is 2.20. The maximum absolute atomic E-state index is 11.9. The van der Waals surface area contributed by atoms with Crippen LogP contribution < -0.4 is 5.32 Å². The van der Waals surface area contributed by atoms with Crippen LogP contribution in [0.15, 0.2) is 54.6 Å². The SMILES string of the molecule is O=C(COC(=O)[C@@H]1CC=CCC1)Nc1ccc2ccccc2c1. The number of anilines is 1. The second kappa shape index (κ2) is 7.09. The largest absolute Gasteiger partial charge is 0.455 e. The van der Waals surface area contributed by atoms with Crippen LogP contribution in [-0.4, -0.2) is 18.5 Å². The molecule has 1 aliphatic carbocycles. The Hall–Kier alpha value is -2.62. The number of hydrogen-bond acceptors (Lipinski definition) is 3. The molecule has 1 amide bonds. The average Bonchev–Trinajstić information content (AvgIpc) is 2.60. The van der Waals surface area contributed by atoms with E-state index in [0.29, 0.717) is 12.1 Å². The Morgan fingerprint density at radius 2 is 1.91 bits per heavy atom. The number of rotatable bonds is 4. The van der Waals surface area contributed by atoms with Crippen molar-refractivity contribution in [2.24, 2.45) is 5.92 Å². The molecule has 4 heteroatoms. The lowest BCUT2D eigenvalue weighted by molar-refractivity contribution is -0.151. The second-order valence-electron chi connectivity index (χ2n) is 5.70. The first-order valence-electron chi connectivity index (χ1n) is 7.82. The van der Waals surface area contributed by atoms with Crippen LogP contribution in [0.2, 0.25) is 0 Å².